The zero-order valence-corrected chi connectivity index (χ0v) is 11.3. The normalized spacial score (nSPS) is 16.2. The van der Waals surface area contributed by atoms with Crippen molar-refractivity contribution in [3.8, 4) is 0 Å². The van der Waals surface area contributed by atoms with Crippen LogP contribution in [-0.4, -0.2) is 20.5 Å². The molecule has 0 heterocycles. The summed E-state index contributed by atoms with van der Waals surface area (Å²) in [5.41, 5.74) is 0.789. The van der Waals surface area contributed by atoms with Gasteiger partial charge in [-0.25, -0.2) is 0 Å². The number of rotatable bonds is 5. The molecule has 5 heteroatoms. The quantitative estimate of drug-likeness (QED) is 0.898. The molecule has 3 atom stereocenters. The molecule has 3 nitrogen and oxygen atoms in total. The van der Waals surface area contributed by atoms with E-state index in [4.69, 9.17) is 16.7 Å². The van der Waals surface area contributed by atoms with Crippen LogP contribution in [0.5, 0.6) is 0 Å². The monoisotopic (exact) mass is 274 g/mol. The maximum absolute atomic E-state index is 12.0. The highest BCUT2D eigenvalue weighted by atomic mass is 35.5. The fourth-order valence-electron chi connectivity index (χ4n) is 1.33. The van der Waals surface area contributed by atoms with Gasteiger partial charge in [-0.05, 0) is 18.6 Å². The number of hydrogen-bond donors (Lipinski definition) is 1. The summed E-state index contributed by atoms with van der Waals surface area (Å²) in [6.45, 7) is 3.25. The lowest BCUT2D eigenvalue weighted by Crippen LogP contribution is -2.27. The van der Waals surface area contributed by atoms with E-state index >= 15 is 0 Å². The second-order valence-corrected chi connectivity index (χ2v) is 6.15. The summed E-state index contributed by atoms with van der Waals surface area (Å²) in [5, 5.41) is 9.03. The lowest BCUT2D eigenvalue weighted by molar-refractivity contribution is -0.141. The highest BCUT2D eigenvalue weighted by Crippen LogP contribution is 2.20. The molecule has 0 amide bonds. The van der Waals surface area contributed by atoms with Crippen molar-refractivity contribution in [2.45, 2.75) is 24.9 Å². The molecule has 0 saturated carbocycles. The number of aliphatic carboxylic acids is 1. The Kier molecular flexibility index (Phi) is 5.15. The number of halogens is 1. The number of carboxylic acids is 1. The molecule has 1 N–H and O–H groups in total. The minimum atomic E-state index is -1.24. The van der Waals surface area contributed by atoms with E-state index in [1.54, 1.807) is 32.0 Å². The lowest BCUT2D eigenvalue weighted by Gasteiger charge is -2.15. The molecule has 1 rings (SSSR count). The smallest absolute Gasteiger partial charge is 0.307 e. The first kappa shape index (κ1) is 14.2. The van der Waals surface area contributed by atoms with Gasteiger partial charge in [0.25, 0.3) is 0 Å². The Morgan fingerprint density at radius 3 is 2.53 bits per heavy atom. The Balaban J connectivity index is 2.73. The zero-order chi connectivity index (χ0) is 13.0. The van der Waals surface area contributed by atoms with Crippen LogP contribution >= 0.6 is 11.6 Å². The molecule has 17 heavy (non-hydrogen) atoms. The first-order valence-electron chi connectivity index (χ1n) is 5.27. The molecule has 0 bridgehead atoms. The molecule has 0 aliphatic carbocycles. The largest absolute Gasteiger partial charge is 0.481 e. The van der Waals surface area contributed by atoms with Gasteiger partial charge in [0.1, 0.15) is 0 Å². The van der Waals surface area contributed by atoms with Gasteiger partial charge in [0.2, 0.25) is 0 Å². The van der Waals surface area contributed by atoms with Gasteiger partial charge >= 0.3 is 5.97 Å². The van der Waals surface area contributed by atoms with Crippen LogP contribution in [0.3, 0.4) is 0 Å². The Hall–Kier alpha value is -0.870. The van der Waals surface area contributed by atoms with E-state index < -0.39 is 27.9 Å². The Labute approximate surface area is 108 Å². The van der Waals surface area contributed by atoms with E-state index in [-0.39, 0.29) is 0 Å². The van der Waals surface area contributed by atoms with Crippen LogP contribution in [0.1, 0.15) is 19.4 Å². The van der Waals surface area contributed by atoms with Gasteiger partial charge in [0.05, 0.1) is 11.7 Å². The molecular weight excluding hydrogens is 260 g/mol. The SMILES string of the molecule is CC(C(=O)O)C(C)S(=O)Cc1ccccc1Cl. The summed E-state index contributed by atoms with van der Waals surface area (Å²) in [5.74, 6) is -1.26. The molecule has 0 aliphatic heterocycles. The second-order valence-electron chi connectivity index (χ2n) is 3.95. The molecule has 1 aromatic rings. The predicted octanol–water partition coefficient (Wildman–Crippen LogP) is 2.70. The molecule has 94 valence electrons. The molecular formula is C12H15ClO3S. The van der Waals surface area contributed by atoms with Crippen molar-refractivity contribution in [2.24, 2.45) is 5.92 Å². The molecule has 0 radical (unpaired) electrons. The van der Waals surface area contributed by atoms with Crippen molar-refractivity contribution in [1.82, 2.24) is 0 Å². The van der Waals surface area contributed by atoms with Gasteiger partial charge in [-0.3, -0.25) is 9.00 Å². The number of benzene rings is 1. The third kappa shape index (κ3) is 3.82. The average Bonchev–Trinajstić information content (AvgIpc) is 2.30. The molecule has 3 unspecified atom stereocenters. The van der Waals surface area contributed by atoms with Crippen LogP contribution in [0.2, 0.25) is 5.02 Å². The first-order valence-corrected chi connectivity index (χ1v) is 7.03. The van der Waals surface area contributed by atoms with Crippen molar-refractivity contribution >= 4 is 28.4 Å². The third-order valence-corrected chi connectivity index (χ3v) is 4.97. The van der Waals surface area contributed by atoms with Crippen LogP contribution < -0.4 is 0 Å². The first-order chi connectivity index (χ1) is 7.93. The van der Waals surface area contributed by atoms with Gasteiger partial charge in [-0.2, -0.15) is 0 Å². The van der Waals surface area contributed by atoms with Crippen molar-refractivity contribution < 1.29 is 14.1 Å². The van der Waals surface area contributed by atoms with Gasteiger partial charge in [0.15, 0.2) is 0 Å². The summed E-state index contributed by atoms with van der Waals surface area (Å²) in [6, 6.07) is 7.17. The Morgan fingerprint density at radius 1 is 1.41 bits per heavy atom. The number of carbonyl (C=O) groups is 1. The number of carboxylic acid groups (broad SMARTS) is 1. The predicted molar refractivity (Wildman–Crippen MR) is 69.6 cm³/mol. The van der Waals surface area contributed by atoms with Crippen molar-refractivity contribution in [1.29, 1.82) is 0 Å². The van der Waals surface area contributed by atoms with E-state index in [1.165, 1.54) is 0 Å². The Morgan fingerprint density at radius 2 is 2.00 bits per heavy atom. The van der Waals surface area contributed by atoms with Crippen molar-refractivity contribution in [2.75, 3.05) is 0 Å². The second kappa shape index (κ2) is 6.17. The maximum atomic E-state index is 12.0. The summed E-state index contributed by atoms with van der Waals surface area (Å²) >= 11 is 5.96. The van der Waals surface area contributed by atoms with Crippen LogP contribution in [0.25, 0.3) is 0 Å². The average molecular weight is 275 g/mol. The van der Waals surface area contributed by atoms with Gasteiger partial charge in [-0.1, -0.05) is 36.7 Å². The fourth-order valence-corrected chi connectivity index (χ4v) is 3.00. The molecule has 0 aliphatic rings. The zero-order valence-electron chi connectivity index (χ0n) is 9.72. The Bertz CT molecular complexity index is 434. The maximum Gasteiger partial charge on any atom is 0.307 e. The molecule has 0 spiro atoms. The van der Waals surface area contributed by atoms with Gasteiger partial charge < -0.3 is 5.11 Å². The molecule has 0 fully saturated rings. The summed E-state index contributed by atoms with van der Waals surface area (Å²) < 4.78 is 12.0. The minimum absolute atomic E-state index is 0.290. The van der Waals surface area contributed by atoms with Crippen LogP contribution in [-0.2, 0) is 21.3 Å². The van der Waals surface area contributed by atoms with Crippen molar-refractivity contribution in [3.05, 3.63) is 34.9 Å². The summed E-state index contributed by atoms with van der Waals surface area (Å²) in [7, 11) is -1.24. The van der Waals surface area contributed by atoms with E-state index in [0.717, 1.165) is 5.56 Å². The third-order valence-electron chi connectivity index (χ3n) is 2.76. The van der Waals surface area contributed by atoms with Gasteiger partial charge in [-0.15, -0.1) is 0 Å². The molecule has 1 aromatic carbocycles. The summed E-state index contributed by atoms with van der Waals surface area (Å²) in [6.07, 6.45) is 0. The van der Waals surface area contributed by atoms with Crippen LogP contribution in [0.4, 0.5) is 0 Å². The fraction of sp³-hybridized carbons (Fsp3) is 0.417. The minimum Gasteiger partial charge on any atom is -0.481 e. The highest BCUT2D eigenvalue weighted by Gasteiger charge is 2.24. The topological polar surface area (TPSA) is 54.4 Å². The molecule has 0 aromatic heterocycles. The van der Waals surface area contributed by atoms with E-state index in [2.05, 4.69) is 0 Å². The number of hydrogen-bond acceptors (Lipinski definition) is 2. The standard InChI is InChI=1S/C12H15ClO3S/c1-8(12(14)15)9(2)17(16)7-10-5-3-4-6-11(10)13/h3-6,8-9H,7H2,1-2H3,(H,14,15). The van der Waals surface area contributed by atoms with E-state index in [9.17, 15) is 9.00 Å². The van der Waals surface area contributed by atoms with E-state index in [0.29, 0.717) is 10.8 Å². The summed E-state index contributed by atoms with van der Waals surface area (Å²) in [4.78, 5) is 10.8. The van der Waals surface area contributed by atoms with Crippen LogP contribution in [0.15, 0.2) is 24.3 Å². The van der Waals surface area contributed by atoms with Crippen molar-refractivity contribution in [3.63, 3.8) is 0 Å². The van der Waals surface area contributed by atoms with E-state index in [1.807, 2.05) is 6.07 Å². The van der Waals surface area contributed by atoms with Crippen LogP contribution in [0, 0.1) is 5.92 Å². The van der Waals surface area contributed by atoms with Gasteiger partial charge in [0, 0.05) is 21.1 Å². The lowest BCUT2D eigenvalue weighted by atomic mass is 10.1. The molecule has 0 saturated heterocycles. The highest BCUT2D eigenvalue weighted by molar-refractivity contribution is 7.84.